The summed E-state index contributed by atoms with van der Waals surface area (Å²) >= 11 is 0. The maximum atomic E-state index is 9.92. The first-order valence-corrected chi connectivity index (χ1v) is 14.8. The molecule has 0 unspecified atom stereocenters. The van der Waals surface area contributed by atoms with Gasteiger partial charge in [-0.05, 0) is 46.5 Å². The van der Waals surface area contributed by atoms with Gasteiger partial charge in [0.15, 0.2) is 5.82 Å². The highest BCUT2D eigenvalue weighted by molar-refractivity contribution is 6.12. The van der Waals surface area contributed by atoms with E-state index in [1.165, 1.54) is 0 Å². The molecule has 0 saturated heterocycles. The second kappa shape index (κ2) is 11.1. The maximum absolute atomic E-state index is 9.92. The van der Waals surface area contributed by atoms with Crippen LogP contribution in [0.25, 0.3) is 78.1 Å². The number of hydrogen-bond acceptors (Lipinski definition) is 4. The highest BCUT2D eigenvalue weighted by Gasteiger charge is 2.18. The molecule has 6 aromatic carbocycles. The van der Waals surface area contributed by atoms with Crippen molar-refractivity contribution >= 4 is 21.9 Å². The van der Waals surface area contributed by atoms with Gasteiger partial charge in [0.05, 0.1) is 23.0 Å². The van der Waals surface area contributed by atoms with Crippen molar-refractivity contribution in [3.05, 3.63) is 157 Å². The lowest BCUT2D eigenvalue weighted by Gasteiger charge is -2.12. The molecule has 2 heterocycles. The monoisotopic (exact) mass is 575 g/mol. The molecule has 0 aliphatic carbocycles. The van der Waals surface area contributed by atoms with E-state index in [0.717, 1.165) is 66.7 Å². The number of nitriles is 1. The molecule has 2 aromatic heterocycles. The van der Waals surface area contributed by atoms with Gasteiger partial charge in [-0.15, -0.1) is 0 Å². The quantitative estimate of drug-likeness (QED) is 0.205. The molecule has 8 aromatic rings. The minimum absolute atomic E-state index is 0.492. The van der Waals surface area contributed by atoms with Gasteiger partial charge in [-0.2, -0.15) is 5.26 Å². The predicted molar refractivity (Wildman–Crippen MR) is 181 cm³/mol. The first kappa shape index (κ1) is 26.3. The Bertz CT molecular complexity index is 2250. The maximum Gasteiger partial charge on any atom is 0.161 e. The van der Waals surface area contributed by atoms with Gasteiger partial charge in [-0.3, -0.25) is 0 Å². The van der Waals surface area contributed by atoms with Gasteiger partial charge in [0.1, 0.15) is 11.2 Å². The van der Waals surface area contributed by atoms with Crippen molar-refractivity contribution in [3.63, 3.8) is 0 Å². The van der Waals surface area contributed by atoms with Crippen molar-refractivity contribution in [1.82, 2.24) is 9.97 Å². The van der Waals surface area contributed by atoms with E-state index in [-0.39, 0.29) is 0 Å². The minimum Gasteiger partial charge on any atom is -0.456 e. The fourth-order valence-corrected chi connectivity index (χ4v) is 5.89. The molecule has 0 amide bonds. The second-order valence-corrected chi connectivity index (χ2v) is 11.0. The van der Waals surface area contributed by atoms with Crippen LogP contribution in [-0.4, -0.2) is 9.97 Å². The highest BCUT2D eigenvalue weighted by Crippen LogP contribution is 2.38. The molecule has 0 atom stereocenters. The Labute approximate surface area is 260 Å². The molecule has 8 rings (SSSR count). The van der Waals surface area contributed by atoms with Crippen LogP contribution in [0.3, 0.4) is 0 Å². The second-order valence-electron chi connectivity index (χ2n) is 11.0. The molecule has 45 heavy (non-hydrogen) atoms. The summed E-state index contributed by atoms with van der Waals surface area (Å²) in [4.78, 5) is 10.2. The van der Waals surface area contributed by atoms with Crippen LogP contribution in [0.5, 0.6) is 0 Å². The molecule has 0 aliphatic heterocycles. The number of rotatable bonds is 5. The third kappa shape index (κ3) is 4.93. The van der Waals surface area contributed by atoms with Gasteiger partial charge in [0, 0.05) is 27.5 Å². The zero-order chi connectivity index (χ0) is 30.2. The minimum atomic E-state index is 0.492. The Kier molecular flexibility index (Phi) is 6.48. The standard InChI is InChI=1S/C41H25N3O/c42-26-27-23-35(40-34-13-7-8-14-38(34)45-39(40)24-27)41-43-36(32-19-15-30(16-20-32)28-9-3-1-4-10-28)25-37(44-41)33-21-17-31(18-22-33)29-11-5-2-6-12-29/h1-25H. The van der Waals surface area contributed by atoms with Crippen LogP contribution in [0.1, 0.15) is 5.56 Å². The van der Waals surface area contributed by atoms with E-state index >= 15 is 0 Å². The number of para-hydroxylation sites is 1. The zero-order valence-corrected chi connectivity index (χ0v) is 24.2. The number of nitrogens with zero attached hydrogens (tertiary/aromatic N) is 3. The van der Waals surface area contributed by atoms with Crippen molar-refractivity contribution in [2.45, 2.75) is 0 Å². The van der Waals surface area contributed by atoms with E-state index < -0.39 is 0 Å². The zero-order valence-electron chi connectivity index (χ0n) is 24.2. The van der Waals surface area contributed by atoms with Crippen LogP contribution in [0, 0.1) is 11.3 Å². The average molecular weight is 576 g/mol. The van der Waals surface area contributed by atoms with Gasteiger partial charge in [-0.25, -0.2) is 9.97 Å². The fourth-order valence-electron chi connectivity index (χ4n) is 5.89. The Balaban J connectivity index is 1.32. The first-order valence-electron chi connectivity index (χ1n) is 14.8. The molecule has 4 heteroatoms. The summed E-state index contributed by atoms with van der Waals surface area (Å²) in [6, 6.07) is 53.5. The smallest absolute Gasteiger partial charge is 0.161 e. The van der Waals surface area contributed by atoms with Crippen molar-refractivity contribution < 1.29 is 4.42 Å². The van der Waals surface area contributed by atoms with Gasteiger partial charge < -0.3 is 4.42 Å². The predicted octanol–water partition coefficient (Wildman–Crippen LogP) is 10.6. The molecular formula is C41H25N3O. The van der Waals surface area contributed by atoms with Crippen molar-refractivity contribution in [1.29, 1.82) is 5.26 Å². The number of hydrogen-bond donors (Lipinski definition) is 0. The lowest BCUT2D eigenvalue weighted by atomic mass is 9.99. The molecule has 0 spiro atoms. The summed E-state index contributed by atoms with van der Waals surface area (Å²) in [5.41, 5.74) is 10.8. The van der Waals surface area contributed by atoms with Crippen LogP contribution < -0.4 is 0 Å². The van der Waals surface area contributed by atoms with E-state index in [1.54, 1.807) is 6.07 Å². The highest BCUT2D eigenvalue weighted by atomic mass is 16.3. The topological polar surface area (TPSA) is 62.7 Å². The third-order valence-corrected chi connectivity index (χ3v) is 8.15. The summed E-state index contributed by atoms with van der Waals surface area (Å²) in [5.74, 6) is 0.537. The molecule has 0 aliphatic rings. The fraction of sp³-hybridized carbons (Fsp3) is 0. The lowest BCUT2D eigenvalue weighted by Crippen LogP contribution is -1.97. The molecule has 4 nitrogen and oxygen atoms in total. The molecular weight excluding hydrogens is 550 g/mol. The molecule has 0 radical (unpaired) electrons. The van der Waals surface area contributed by atoms with Gasteiger partial charge >= 0.3 is 0 Å². The molecule has 0 N–H and O–H groups in total. The summed E-state index contributed by atoms with van der Waals surface area (Å²) < 4.78 is 6.19. The van der Waals surface area contributed by atoms with E-state index in [4.69, 9.17) is 14.4 Å². The van der Waals surface area contributed by atoms with Crippen LogP contribution in [0.2, 0.25) is 0 Å². The van der Waals surface area contributed by atoms with Crippen LogP contribution in [0.15, 0.2) is 156 Å². The lowest BCUT2D eigenvalue weighted by molar-refractivity contribution is 0.669. The van der Waals surface area contributed by atoms with Gasteiger partial charge in [0.2, 0.25) is 0 Å². The molecule has 0 bridgehead atoms. The van der Waals surface area contributed by atoms with Crippen LogP contribution in [0.4, 0.5) is 0 Å². The number of fused-ring (bicyclic) bond motifs is 3. The molecule has 0 saturated carbocycles. The normalized spacial score (nSPS) is 11.1. The first-order chi connectivity index (χ1) is 22.2. The summed E-state index contributed by atoms with van der Waals surface area (Å²) in [6.07, 6.45) is 0. The van der Waals surface area contributed by atoms with Crippen LogP contribution in [-0.2, 0) is 0 Å². The Morgan fingerprint density at radius 2 is 0.956 bits per heavy atom. The van der Waals surface area contributed by atoms with Crippen molar-refractivity contribution in [2.75, 3.05) is 0 Å². The van der Waals surface area contributed by atoms with Gasteiger partial charge in [0.25, 0.3) is 0 Å². The SMILES string of the molecule is N#Cc1cc(-c2nc(-c3ccc(-c4ccccc4)cc3)cc(-c3ccc(-c4ccccc4)cc3)n2)c2c(c1)oc1ccccc12. The van der Waals surface area contributed by atoms with Gasteiger partial charge in [-0.1, -0.05) is 127 Å². The van der Waals surface area contributed by atoms with E-state index in [2.05, 4.69) is 78.9 Å². The number of benzene rings is 6. The van der Waals surface area contributed by atoms with E-state index in [1.807, 2.05) is 72.8 Å². The Hall–Kier alpha value is -6.31. The summed E-state index contributed by atoms with van der Waals surface area (Å²) in [5, 5.41) is 11.8. The van der Waals surface area contributed by atoms with E-state index in [0.29, 0.717) is 17.0 Å². The van der Waals surface area contributed by atoms with Crippen molar-refractivity contribution in [3.8, 4) is 62.2 Å². The van der Waals surface area contributed by atoms with Crippen molar-refractivity contribution in [2.24, 2.45) is 0 Å². The number of aromatic nitrogens is 2. The third-order valence-electron chi connectivity index (χ3n) is 8.15. The summed E-state index contributed by atoms with van der Waals surface area (Å²) in [6.45, 7) is 0. The summed E-state index contributed by atoms with van der Waals surface area (Å²) in [7, 11) is 0. The largest absolute Gasteiger partial charge is 0.456 e. The average Bonchev–Trinajstić information content (AvgIpc) is 3.50. The Morgan fingerprint density at radius 3 is 1.51 bits per heavy atom. The number of furan rings is 1. The molecule has 0 fully saturated rings. The van der Waals surface area contributed by atoms with Crippen LogP contribution >= 0.6 is 0 Å². The van der Waals surface area contributed by atoms with E-state index in [9.17, 15) is 5.26 Å². The molecule has 210 valence electrons. The Morgan fingerprint density at radius 1 is 0.467 bits per heavy atom.